The van der Waals surface area contributed by atoms with Crippen molar-refractivity contribution in [2.24, 2.45) is 0 Å². The molecule has 0 N–H and O–H groups in total. The van der Waals surface area contributed by atoms with Gasteiger partial charge >= 0.3 is 0 Å². The number of methoxy groups -OCH3 is 1. The van der Waals surface area contributed by atoms with Crippen molar-refractivity contribution in [3.8, 4) is 0 Å². The van der Waals surface area contributed by atoms with Crippen LogP contribution in [0.15, 0.2) is 24.3 Å². The molecule has 20 heavy (non-hydrogen) atoms. The molecule has 0 bridgehead atoms. The Kier molecular flexibility index (Phi) is 8.97. The van der Waals surface area contributed by atoms with Crippen molar-refractivity contribution < 1.29 is 9.53 Å². The summed E-state index contributed by atoms with van der Waals surface area (Å²) in [7, 11) is 1.56. The summed E-state index contributed by atoms with van der Waals surface area (Å²) in [4.78, 5) is 11.7. The lowest BCUT2D eigenvalue weighted by Gasteiger charge is -2.05. The molecule has 0 unspecified atom stereocenters. The summed E-state index contributed by atoms with van der Waals surface area (Å²) in [5.41, 5.74) is 2.04. The molecular formula is C18H28O2. The number of carbonyl (C=O) groups excluding carboxylic acids is 1. The number of rotatable bonds is 11. The Hall–Kier alpha value is -1.15. The van der Waals surface area contributed by atoms with E-state index in [4.69, 9.17) is 4.74 Å². The minimum Gasteiger partial charge on any atom is -0.377 e. The van der Waals surface area contributed by atoms with Gasteiger partial charge in [0.15, 0.2) is 5.78 Å². The third kappa shape index (κ3) is 6.85. The molecule has 0 fully saturated rings. The molecule has 1 aromatic carbocycles. The Morgan fingerprint density at radius 1 is 1.05 bits per heavy atom. The lowest BCUT2D eigenvalue weighted by Crippen LogP contribution is -2.07. The van der Waals surface area contributed by atoms with Gasteiger partial charge in [0.1, 0.15) is 6.61 Å². The molecular weight excluding hydrogens is 248 g/mol. The van der Waals surface area contributed by atoms with Crippen LogP contribution >= 0.6 is 0 Å². The molecule has 0 aromatic heterocycles. The SMILES string of the molecule is CCCCCCCCCc1cccc(C(=O)COC)c1. The van der Waals surface area contributed by atoms with E-state index < -0.39 is 0 Å². The van der Waals surface area contributed by atoms with Gasteiger partial charge in [-0.15, -0.1) is 0 Å². The summed E-state index contributed by atoms with van der Waals surface area (Å²) in [6.45, 7) is 2.42. The molecule has 0 radical (unpaired) electrons. The van der Waals surface area contributed by atoms with Crippen LogP contribution in [0.5, 0.6) is 0 Å². The fourth-order valence-electron chi connectivity index (χ4n) is 2.40. The number of hydrogen-bond acceptors (Lipinski definition) is 2. The maximum atomic E-state index is 11.7. The van der Waals surface area contributed by atoms with E-state index in [0.29, 0.717) is 0 Å². The fraction of sp³-hybridized carbons (Fsp3) is 0.611. The van der Waals surface area contributed by atoms with Crippen LogP contribution in [-0.2, 0) is 11.2 Å². The number of benzene rings is 1. The van der Waals surface area contributed by atoms with E-state index in [0.717, 1.165) is 12.0 Å². The molecule has 112 valence electrons. The molecule has 0 aliphatic rings. The highest BCUT2D eigenvalue weighted by Gasteiger charge is 2.05. The van der Waals surface area contributed by atoms with Crippen LogP contribution in [0, 0.1) is 0 Å². The molecule has 0 saturated heterocycles. The van der Waals surface area contributed by atoms with Crippen LogP contribution in [0.1, 0.15) is 67.8 Å². The monoisotopic (exact) mass is 276 g/mol. The lowest BCUT2D eigenvalue weighted by molar-refractivity contribution is 0.0848. The summed E-state index contributed by atoms with van der Waals surface area (Å²) < 4.78 is 4.89. The van der Waals surface area contributed by atoms with Crippen molar-refractivity contribution in [2.45, 2.75) is 58.3 Å². The van der Waals surface area contributed by atoms with Gasteiger partial charge < -0.3 is 4.74 Å². The molecule has 0 aliphatic heterocycles. The average Bonchev–Trinajstić information content (AvgIpc) is 2.47. The summed E-state index contributed by atoms with van der Waals surface area (Å²) in [6, 6.07) is 7.97. The highest BCUT2D eigenvalue weighted by Crippen LogP contribution is 2.12. The predicted molar refractivity (Wildman–Crippen MR) is 84.3 cm³/mol. The predicted octanol–water partition coefficient (Wildman–Crippen LogP) is 4.81. The Morgan fingerprint density at radius 2 is 1.75 bits per heavy atom. The van der Waals surface area contributed by atoms with E-state index in [9.17, 15) is 4.79 Å². The largest absolute Gasteiger partial charge is 0.377 e. The first-order valence-electron chi connectivity index (χ1n) is 7.89. The van der Waals surface area contributed by atoms with E-state index in [2.05, 4.69) is 13.0 Å². The van der Waals surface area contributed by atoms with Crippen LogP contribution in [0.3, 0.4) is 0 Å². The van der Waals surface area contributed by atoms with Crippen molar-refractivity contribution in [2.75, 3.05) is 13.7 Å². The molecule has 0 atom stereocenters. The van der Waals surface area contributed by atoms with E-state index >= 15 is 0 Å². The Labute approximate surface area is 123 Å². The Morgan fingerprint density at radius 3 is 2.45 bits per heavy atom. The maximum absolute atomic E-state index is 11.7. The molecule has 0 heterocycles. The quantitative estimate of drug-likeness (QED) is 0.428. The molecule has 0 spiro atoms. The van der Waals surface area contributed by atoms with Crippen LogP contribution in [-0.4, -0.2) is 19.5 Å². The van der Waals surface area contributed by atoms with Gasteiger partial charge in [0.2, 0.25) is 0 Å². The standard InChI is InChI=1S/C18H28O2/c1-3-4-5-6-7-8-9-11-16-12-10-13-17(14-16)18(19)15-20-2/h10,12-14H,3-9,11,15H2,1-2H3. The van der Waals surface area contributed by atoms with Crippen LogP contribution in [0.4, 0.5) is 0 Å². The zero-order valence-corrected chi connectivity index (χ0v) is 13.0. The average molecular weight is 276 g/mol. The number of Topliss-reactive ketones (excluding diaryl/α,β-unsaturated/α-hetero) is 1. The minimum atomic E-state index is 0.0638. The smallest absolute Gasteiger partial charge is 0.188 e. The van der Waals surface area contributed by atoms with Gasteiger partial charge in [-0.3, -0.25) is 4.79 Å². The van der Waals surface area contributed by atoms with E-state index in [1.165, 1.54) is 50.5 Å². The summed E-state index contributed by atoms with van der Waals surface area (Å²) in [6.07, 6.45) is 10.3. The molecule has 2 nitrogen and oxygen atoms in total. The van der Waals surface area contributed by atoms with Gasteiger partial charge in [-0.05, 0) is 24.5 Å². The first-order valence-corrected chi connectivity index (χ1v) is 7.89. The zero-order chi connectivity index (χ0) is 14.6. The first-order chi connectivity index (χ1) is 9.77. The zero-order valence-electron chi connectivity index (χ0n) is 13.0. The Bertz CT molecular complexity index is 385. The van der Waals surface area contributed by atoms with Crippen LogP contribution in [0.25, 0.3) is 0 Å². The van der Waals surface area contributed by atoms with Crippen LogP contribution in [0.2, 0.25) is 0 Å². The molecule has 2 heteroatoms. The third-order valence-electron chi connectivity index (χ3n) is 3.59. The number of ether oxygens (including phenoxy) is 1. The fourth-order valence-corrected chi connectivity index (χ4v) is 2.40. The van der Waals surface area contributed by atoms with E-state index in [1.54, 1.807) is 7.11 Å². The summed E-state index contributed by atoms with van der Waals surface area (Å²) >= 11 is 0. The molecule has 0 aliphatic carbocycles. The number of ketones is 1. The van der Waals surface area contributed by atoms with Crippen molar-refractivity contribution >= 4 is 5.78 Å². The van der Waals surface area contributed by atoms with Crippen LogP contribution < -0.4 is 0 Å². The normalized spacial score (nSPS) is 10.7. The highest BCUT2D eigenvalue weighted by atomic mass is 16.5. The molecule has 1 rings (SSSR count). The number of aryl methyl sites for hydroxylation is 1. The van der Waals surface area contributed by atoms with Gasteiger partial charge in [-0.2, -0.15) is 0 Å². The Balaban J connectivity index is 2.26. The van der Waals surface area contributed by atoms with Crippen molar-refractivity contribution in [3.63, 3.8) is 0 Å². The number of hydrogen-bond donors (Lipinski definition) is 0. The highest BCUT2D eigenvalue weighted by molar-refractivity contribution is 5.97. The minimum absolute atomic E-state index is 0.0638. The van der Waals surface area contributed by atoms with Gasteiger partial charge in [0.05, 0.1) is 0 Å². The van der Waals surface area contributed by atoms with E-state index in [1.807, 2.05) is 18.2 Å². The number of carbonyl (C=O) groups is 1. The first kappa shape index (κ1) is 16.9. The van der Waals surface area contributed by atoms with Gasteiger partial charge in [-0.1, -0.05) is 63.6 Å². The summed E-state index contributed by atoms with van der Waals surface area (Å²) in [5, 5.41) is 0. The molecule has 1 aromatic rings. The second-order valence-electron chi connectivity index (χ2n) is 5.43. The van der Waals surface area contributed by atoms with Crippen molar-refractivity contribution in [1.82, 2.24) is 0 Å². The summed E-state index contributed by atoms with van der Waals surface area (Å²) in [5.74, 6) is 0.0638. The second-order valence-corrected chi connectivity index (χ2v) is 5.43. The van der Waals surface area contributed by atoms with Gasteiger partial charge in [0, 0.05) is 12.7 Å². The molecule has 0 saturated carbocycles. The van der Waals surface area contributed by atoms with Gasteiger partial charge in [-0.25, -0.2) is 0 Å². The topological polar surface area (TPSA) is 26.3 Å². The van der Waals surface area contributed by atoms with E-state index in [-0.39, 0.29) is 12.4 Å². The third-order valence-corrected chi connectivity index (χ3v) is 3.59. The number of unbranched alkanes of at least 4 members (excludes halogenated alkanes) is 6. The maximum Gasteiger partial charge on any atom is 0.188 e. The lowest BCUT2D eigenvalue weighted by atomic mass is 10.0. The van der Waals surface area contributed by atoms with Crippen molar-refractivity contribution in [3.05, 3.63) is 35.4 Å². The van der Waals surface area contributed by atoms with Crippen molar-refractivity contribution in [1.29, 1.82) is 0 Å². The van der Waals surface area contributed by atoms with Gasteiger partial charge in [0.25, 0.3) is 0 Å². The molecule has 0 amide bonds. The second kappa shape index (κ2) is 10.6.